The number of nitrogens with zero attached hydrogens (tertiary/aromatic N) is 2. The van der Waals surface area contributed by atoms with E-state index in [1.165, 1.54) is 19.1 Å². The second-order valence-electron chi connectivity index (χ2n) is 8.31. The van der Waals surface area contributed by atoms with Crippen LogP contribution in [-0.4, -0.2) is 47.5 Å². The lowest BCUT2D eigenvalue weighted by Gasteiger charge is -2.26. The molecule has 8 heteroatoms. The average molecular weight is 489 g/mol. The molecule has 2 heterocycles. The molecule has 1 fully saturated rings. The number of aliphatic hydroxyl groups is 1. The molecule has 0 radical (unpaired) electrons. The van der Waals surface area contributed by atoms with Crippen molar-refractivity contribution < 1.29 is 28.9 Å². The van der Waals surface area contributed by atoms with Crippen LogP contribution in [0.25, 0.3) is 5.76 Å². The lowest BCUT2D eigenvalue weighted by atomic mass is 9.93. The summed E-state index contributed by atoms with van der Waals surface area (Å²) >= 11 is 0. The summed E-state index contributed by atoms with van der Waals surface area (Å²) in [5.74, 6) is -0.109. The van der Waals surface area contributed by atoms with E-state index >= 15 is 0 Å². The van der Waals surface area contributed by atoms with Gasteiger partial charge in [-0.05, 0) is 66.9 Å². The van der Waals surface area contributed by atoms with Crippen molar-refractivity contribution in [3.8, 4) is 17.2 Å². The summed E-state index contributed by atoms with van der Waals surface area (Å²) in [5.41, 5.74) is 2.51. The number of likely N-dealkylation sites (tertiary alicyclic amines) is 1. The van der Waals surface area contributed by atoms with Crippen molar-refractivity contribution in [3.05, 3.63) is 88.8 Å². The Balaban J connectivity index is 1.89. The Morgan fingerprint density at radius 2 is 1.83 bits per heavy atom. The molecule has 8 nitrogen and oxygen atoms in total. The first-order chi connectivity index (χ1) is 17.4. The molecule has 1 amide bonds. The normalized spacial score (nSPS) is 16.8. The molecule has 1 aromatic heterocycles. The minimum Gasteiger partial charge on any atom is -0.507 e. The van der Waals surface area contributed by atoms with Gasteiger partial charge < -0.3 is 24.2 Å². The Kier molecular flexibility index (Phi) is 7.24. The number of hydrogen-bond donors (Lipinski definition) is 1. The van der Waals surface area contributed by atoms with Crippen molar-refractivity contribution in [3.63, 3.8) is 0 Å². The van der Waals surface area contributed by atoms with Gasteiger partial charge in [-0.2, -0.15) is 0 Å². The first-order valence-electron chi connectivity index (χ1n) is 11.5. The van der Waals surface area contributed by atoms with Crippen molar-refractivity contribution in [1.29, 1.82) is 0 Å². The fourth-order valence-electron chi connectivity index (χ4n) is 4.40. The molecule has 2 aromatic carbocycles. The van der Waals surface area contributed by atoms with Gasteiger partial charge in [-0.15, -0.1) is 0 Å². The molecule has 4 rings (SSSR count). The van der Waals surface area contributed by atoms with E-state index < -0.39 is 17.7 Å². The Morgan fingerprint density at radius 1 is 1.06 bits per heavy atom. The summed E-state index contributed by atoms with van der Waals surface area (Å²) < 4.78 is 16.4. The number of benzene rings is 2. The van der Waals surface area contributed by atoms with Crippen LogP contribution in [0.2, 0.25) is 0 Å². The molecular formula is C28H28N2O6. The van der Waals surface area contributed by atoms with E-state index in [1.807, 2.05) is 19.9 Å². The maximum atomic E-state index is 13.4. The molecule has 1 aliphatic rings. The zero-order valence-corrected chi connectivity index (χ0v) is 20.6. The first kappa shape index (κ1) is 24.8. The van der Waals surface area contributed by atoms with Gasteiger partial charge in [-0.25, -0.2) is 0 Å². The van der Waals surface area contributed by atoms with Crippen molar-refractivity contribution in [2.24, 2.45) is 0 Å². The topological polar surface area (TPSA) is 98.2 Å². The summed E-state index contributed by atoms with van der Waals surface area (Å²) in [5, 5.41) is 11.4. The highest BCUT2D eigenvalue weighted by Crippen LogP contribution is 2.43. The second-order valence-corrected chi connectivity index (χ2v) is 8.31. The number of aliphatic hydroxyl groups excluding tert-OH is 1. The highest BCUT2D eigenvalue weighted by Gasteiger charge is 2.46. The summed E-state index contributed by atoms with van der Waals surface area (Å²) in [6.07, 6.45) is 3.28. The van der Waals surface area contributed by atoms with Crippen LogP contribution in [0.1, 0.15) is 35.2 Å². The molecular weight excluding hydrogens is 460 g/mol. The van der Waals surface area contributed by atoms with E-state index in [4.69, 9.17) is 14.2 Å². The van der Waals surface area contributed by atoms with Crippen LogP contribution in [0.4, 0.5) is 0 Å². The predicted molar refractivity (Wildman–Crippen MR) is 134 cm³/mol. The number of aryl methyl sites for hydroxylation is 1. The third kappa shape index (κ3) is 4.62. The van der Waals surface area contributed by atoms with Crippen molar-refractivity contribution >= 4 is 17.4 Å². The van der Waals surface area contributed by atoms with Gasteiger partial charge in [0.2, 0.25) is 0 Å². The van der Waals surface area contributed by atoms with Gasteiger partial charge in [0, 0.05) is 24.5 Å². The fourth-order valence-corrected chi connectivity index (χ4v) is 4.40. The SMILES string of the molecule is CCOc1ccc(/C(O)=C2/C(=O)C(=O)N(Cc3cccnc3)C2c2ccc(OC)c(OC)c2)c(C)c1. The third-order valence-electron chi connectivity index (χ3n) is 6.10. The molecule has 0 aliphatic carbocycles. The minimum absolute atomic E-state index is 0.00312. The number of ketones is 1. The van der Waals surface area contributed by atoms with Crippen LogP contribution >= 0.6 is 0 Å². The van der Waals surface area contributed by atoms with Crippen LogP contribution in [0, 0.1) is 6.92 Å². The highest BCUT2D eigenvalue weighted by molar-refractivity contribution is 6.46. The Hall–Kier alpha value is -4.33. The van der Waals surface area contributed by atoms with Gasteiger partial charge in [0.25, 0.3) is 11.7 Å². The smallest absolute Gasteiger partial charge is 0.295 e. The summed E-state index contributed by atoms with van der Waals surface area (Å²) in [6, 6.07) is 13.1. The quantitative estimate of drug-likeness (QED) is 0.285. The number of amides is 1. The van der Waals surface area contributed by atoms with Crippen LogP contribution in [0.15, 0.2) is 66.5 Å². The molecule has 0 saturated carbocycles. The zero-order chi connectivity index (χ0) is 25.8. The van der Waals surface area contributed by atoms with E-state index in [9.17, 15) is 14.7 Å². The van der Waals surface area contributed by atoms with Crippen LogP contribution < -0.4 is 14.2 Å². The molecule has 36 heavy (non-hydrogen) atoms. The number of methoxy groups -OCH3 is 2. The molecule has 1 N–H and O–H groups in total. The van der Waals surface area contributed by atoms with Gasteiger partial charge in [-0.1, -0.05) is 12.1 Å². The van der Waals surface area contributed by atoms with Crippen LogP contribution in [0.5, 0.6) is 17.2 Å². The Morgan fingerprint density at radius 3 is 2.47 bits per heavy atom. The summed E-state index contributed by atoms with van der Waals surface area (Å²) in [4.78, 5) is 32.2. The van der Waals surface area contributed by atoms with Crippen molar-refractivity contribution in [2.45, 2.75) is 26.4 Å². The highest BCUT2D eigenvalue weighted by atomic mass is 16.5. The van der Waals surface area contributed by atoms with E-state index in [-0.39, 0.29) is 17.9 Å². The van der Waals surface area contributed by atoms with Crippen LogP contribution in [0.3, 0.4) is 0 Å². The number of carbonyl (C=O) groups is 2. The van der Waals surface area contributed by atoms with Gasteiger partial charge in [0.1, 0.15) is 11.5 Å². The molecule has 1 atom stereocenters. The number of pyridine rings is 1. The van der Waals surface area contributed by atoms with Gasteiger partial charge in [0.15, 0.2) is 11.5 Å². The summed E-state index contributed by atoms with van der Waals surface area (Å²) in [6.45, 7) is 4.34. The van der Waals surface area contributed by atoms with E-state index in [1.54, 1.807) is 54.9 Å². The number of ether oxygens (including phenoxy) is 3. The lowest BCUT2D eigenvalue weighted by Crippen LogP contribution is -2.29. The van der Waals surface area contributed by atoms with Gasteiger partial charge in [-0.3, -0.25) is 14.6 Å². The van der Waals surface area contributed by atoms with Gasteiger partial charge in [0.05, 0.1) is 32.4 Å². The lowest BCUT2D eigenvalue weighted by molar-refractivity contribution is -0.140. The number of hydrogen-bond acceptors (Lipinski definition) is 7. The molecule has 1 unspecified atom stereocenters. The molecule has 1 aliphatic heterocycles. The molecule has 0 spiro atoms. The van der Waals surface area contributed by atoms with Crippen LogP contribution in [-0.2, 0) is 16.1 Å². The first-order valence-corrected chi connectivity index (χ1v) is 11.5. The number of Topliss-reactive ketones (excluding diaryl/α,β-unsaturated/α-hetero) is 1. The maximum Gasteiger partial charge on any atom is 0.295 e. The van der Waals surface area contributed by atoms with Crippen molar-refractivity contribution in [1.82, 2.24) is 9.88 Å². The molecule has 1 saturated heterocycles. The minimum atomic E-state index is -0.851. The largest absolute Gasteiger partial charge is 0.507 e. The molecule has 3 aromatic rings. The zero-order valence-electron chi connectivity index (χ0n) is 20.6. The number of aromatic nitrogens is 1. The van der Waals surface area contributed by atoms with E-state index in [0.29, 0.717) is 40.5 Å². The van der Waals surface area contributed by atoms with Crippen molar-refractivity contribution in [2.75, 3.05) is 20.8 Å². The second kappa shape index (κ2) is 10.5. The molecule has 186 valence electrons. The third-order valence-corrected chi connectivity index (χ3v) is 6.10. The maximum absolute atomic E-state index is 13.4. The Bertz CT molecular complexity index is 1320. The monoisotopic (exact) mass is 488 g/mol. The standard InChI is InChI=1S/C28H28N2O6/c1-5-36-20-9-10-21(17(2)13-20)26(31)24-25(19-8-11-22(34-3)23(14-19)35-4)30(28(33)27(24)32)16-18-7-6-12-29-15-18/h6-15,25,31H,5,16H2,1-4H3/b26-24-. The number of rotatable bonds is 8. The predicted octanol–water partition coefficient (Wildman–Crippen LogP) is 4.43. The summed E-state index contributed by atoms with van der Waals surface area (Å²) in [7, 11) is 3.04. The van der Waals surface area contributed by atoms with E-state index in [0.717, 1.165) is 5.56 Å². The fraction of sp³-hybridized carbons (Fsp3) is 0.250. The van der Waals surface area contributed by atoms with E-state index in [2.05, 4.69) is 4.98 Å². The average Bonchev–Trinajstić information content (AvgIpc) is 3.13. The Labute approximate surface area is 209 Å². The molecule has 0 bridgehead atoms. The number of carbonyl (C=O) groups excluding carboxylic acids is 2. The van der Waals surface area contributed by atoms with Gasteiger partial charge >= 0.3 is 0 Å².